The van der Waals surface area contributed by atoms with Crippen molar-refractivity contribution in [3.63, 3.8) is 0 Å². The zero-order chi connectivity index (χ0) is 12.0. The zero-order valence-corrected chi connectivity index (χ0v) is 8.99. The van der Waals surface area contributed by atoms with Gasteiger partial charge in [-0.25, -0.2) is 9.02 Å². The van der Waals surface area contributed by atoms with Crippen LogP contribution in [-0.4, -0.2) is 15.3 Å². The van der Waals surface area contributed by atoms with Crippen LogP contribution >= 0.6 is 0 Å². The minimum atomic E-state index is -0.295. The fourth-order valence-electron chi connectivity index (χ4n) is 1.98. The van der Waals surface area contributed by atoms with Crippen molar-refractivity contribution >= 4 is 16.7 Å². The van der Waals surface area contributed by atoms with Gasteiger partial charge in [-0.15, -0.1) is 0 Å². The van der Waals surface area contributed by atoms with E-state index in [4.69, 9.17) is 5.73 Å². The summed E-state index contributed by atoms with van der Waals surface area (Å²) in [6, 6.07) is 4.50. The van der Waals surface area contributed by atoms with E-state index in [1.807, 2.05) is 6.92 Å². The van der Waals surface area contributed by atoms with E-state index in [1.54, 1.807) is 6.07 Å². The molecule has 0 aliphatic carbocycles. The Kier molecular flexibility index (Phi) is 1.91. The van der Waals surface area contributed by atoms with Crippen molar-refractivity contribution < 1.29 is 9.02 Å². The van der Waals surface area contributed by atoms with E-state index in [0.717, 1.165) is 16.6 Å². The number of aryl methyl sites for hydroxylation is 1. The first-order valence-corrected chi connectivity index (χ1v) is 5.03. The van der Waals surface area contributed by atoms with Crippen LogP contribution in [0.3, 0.4) is 0 Å². The first-order chi connectivity index (χ1) is 8.16. The molecule has 17 heavy (non-hydrogen) atoms. The first-order valence-electron chi connectivity index (χ1n) is 5.03. The lowest BCUT2D eigenvalue weighted by molar-refractivity contribution is 0.310. The summed E-state index contributed by atoms with van der Waals surface area (Å²) in [5, 5.41) is 8.15. The third-order valence-corrected chi connectivity index (χ3v) is 2.70. The Morgan fingerprint density at radius 2 is 2.18 bits per heavy atom. The number of nitrogen functional groups attached to an aromatic ring is 1. The molecule has 0 saturated carbocycles. The number of hydrogen-bond donors (Lipinski definition) is 2. The molecule has 0 saturated heterocycles. The van der Waals surface area contributed by atoms with Crippen LogP contribution in [0.15, 0.2) is 22.8 Å². The van der Waals surface area contributed by atoms with Crippen LogP contribution in [-0.2, 0) is 0 Å². The van der Waals surface area contributed by atoms with Crippen molar-refractivity contribution in [1.82, 2.24) is 15.3 Å². The predicted molar refractivity (Wildman–Crippen MR) is 60.7 cm³/mol. The number of rotatable bonds is 1. The van der Waals surface area contributed by atoms with Gasteiger partial charge in [-0.2, -0.15) is 0 Å². The number of anilines is 1. The van der Waals surface area contributed by atoms with Gasteiger partial charge in [0.25, 0.3) is 0 Å². The Balaban J connectivity index is 2.37. The van der Waals surface area contributed by atoms with E-state index in [0.29, 0.717) is 11.2 Å². The molecule has 0 atom stereocenters. The number of nitrogens with zero attached hydrogens (tertiary/aromatic N) is 2. The lowest BCUT2D eigenvalue weighted by Crippen LogP contribution is -1.89. The normalized spacial score (nSPS) is 11.2. The number of aromatic amines is 1. The van der Waals surface area contributed by atoms with Crippen molar-refractivity contribution in [2.24, 2.45) is 0 Å². The van der Waals surface area contributed by atoms with Crippen molar-refractivity contribution in [1.29, 1.82) is 0 Å². The summed E-state index contributed by atoms with van der Waals surface area (Å²) in [4.78, 5) is 3.08. The van der Waals surface area contributed by atoms with Gasteiger partial charge in [0.05, 0.1) is 0 Å². The summed E-state index contributed by atoms with van der Waals surface area (Å²) < 4.78 is 17.7. The first kappa shape index (κ1) is 9.83. The number of hydrogen-bond acceptors (Lipinski definition) is 4. The molecule has 3 aromatic rings. The van der Waals surface area contributed by atoms with Crippen LogP contribution < -0.4 is 5.73 Å². The second-order valence-corrected chi connectivity index (χ2v) is 3.81. The van der Waals surface area contributed by atoms with Crippen LogP contribution in [0.2, 0.25) is 0 Å². The molecule has 0 radical (unpaired) electrons. The summed E-state index contributed by atoms with van der Waals surface area (Å²) in [7, 11) is 0. The molecule has 86 valence electrons. The zero-order valence-electron chi connectivity index (χ0n) is 8.99. The van der Waals surface area contributed by atoms with E-state index < -0.39 is 0 Å². The minimum Gasteiger partial charge on any atom is -0.379 e. The van der Waals surface area contributed by atoms with E-state index >= 15 is 0 Å². The molecule has 0 bridgehead atoms. The molecule has 2 heterocycles. The molecule has 0 unspecified atom stereocenters. The van der Waals surface area contributed by atoms with Crippen LogP contribution in [0.4, 0.5) is 10.2 Å². The van der Waals surface area contributed by atoms with Crippen LogP contribution in [0.25, 0.3) is 22.2 Å². The third-order valence-electron chi connectivity index (χ3n) is 2.70. The topological polar surface area (TPSA) is 80.7 Å². The predicted octanol–water partition coefficient (Wildman–Crippen LogP) is 2.25. The maximum atomic E-state index is 13.1. The number of H-pyrrole nitrogens is 1. The number of nitrogens with one attached hydrogen (secondary N) is 1. The standard InChI is InChI=1S/C11H9FN4O/c1-5-9(10-11(13)16-17-15-10)7-3-2-6(12)4-8(7)14-5/h2-4,14H,1H3,(H2,13,16). The Morgan fingerprint density at radius 1 is 1.35 bits per heavy atom. The Labute approximate surface area is 95.4 Å². The highest BCUT2D eigenvalue weighted by atomic mass is 19.1. The molecule has 5 nitrogen and oxygen atoms in total. The van der Waals surface area contributed by atoms with Gasteiger partial charge in [-0.1, -0.05) is 0 Å². The summed E-state index contributed by atoms with van der Waals surface area (Å²) in [5.41, 5.74) is 8.46. The van der Waals surface area contributed by atoms with Crippen molar-refractivity contribution in [3.05, 3.63) is 29.7 Å². The smallest absolute Gasteiger partial charge is 0.196 e. The fourth-order valence-corrected chi connectivity index (χ4v) is 1.98. The molecule has 0 aliphatic heterocycles. The summed E-state index contributed by atoms with van der Waals surface area (Å²) in [6.07, 6.45) is 0. The van der Waals surface area contributed by atoms with Gasteiger partial charge in [-0.05, 0) is 35.4 Å². The van der Waals surface area contributed by atoms with Gasteiger partial charge in [0.15, 0.2) is 11.5 Å². The van der Waals surface area contributed by atoms with Crippen LogP contribution in [0, 0.1) is 12.7 Å². The summed E-state index contributed by atoms with van der Waals surface area (Å²) in [6.45, 7) is 1.86. The third kappa shape index (κ3) is 1.37. The van der Waals surface area contributed by atoms with Gasteiger partial charge >= 0.3 is 0 Å². The monoisotopic (exact) mass is 232 g/mol. The molecule has 3 N–H and O–H groups in total. The molecule has 0 fully saturated rings. The van der Waals surface area contributed by atoms with Gasteiger partial charge < -0.3 is 10.7 Å². The van der Waals surface area contributed by atoms with Gasteiger partial charge in [0.1, 0.15) is 5.82 Å². The SMILES string of the molecule is Cc1[nH]c2cc(F)ccc2c1-c1nonc1N. The molecule has 6 heteroatoms. The maximum absolute atomic E-state index is 13.1. The Bertz CT molecular complexity index is 701. The average Bonchev–Trinajstić information content (AvgIpc) is 2.80. The second-order valence-electron chi connectivity index (χ2n) is 3.81. The number of halogens is 1. The van der Waals surface area contributed by atoms with Gasteiger partial charge in [0, 0.05) is 22.2 Å². The lowest BCUT2D eigenvalue weighted by atomic mass is 10.1. The summed E-state index contributed by atoms with van der Waals surface area (Å²) >= 11 is 0. The largest absolute Gasteiger partial charge is 0.379 e. The molecule has 3 rings (SSSR count). The van der Waals surface area contributed by atoms with Crippen LogP contribution in [0.1, 0.15) is 5.69 Å². The molecular weight excluding hydrogens is 223 g/mol. The molecule has 2 aromatic heterocycles. The minimum absolute atomic E-state index is 0.221. The second kappa shape index (κ2) is 3.31. The molecule has 0 amide bonds. The molecule has 1 aromatic carbocycles. The Hall–Kier alpha value is -2.37. The van der Waals surface area contributed by atoms with Gasteiger partial charge in [0.2, 0.25) is 0 Å². The van der Waals surface area contributed by atoms with E-state index in [-0.39, 0.29) is 11.6 Å². The van der Waals surface area contributed by atoms with Crippen molar-refractivity contribution in [2.75, 3.05) is 5.73 Å². The van der Waals surface area contributed by atoms with E-state index in [9.17, 15) is 4.39 Å². The Morgan fingerprint density at radius 3 is 2.88 bits per heavy atom. The highest BCUT2D eigenvalue weighted by Crippen LogP contribution is 2.33. The quantitative estimate of drug-likeness (QED) is 0.674. The van der Waals surface area contributed by atoms with Crippen LogP contribution in [0.5, 0.6) is 0 Å². The van der Waals surface area contributed by atoms with Gasteiger partial charge in [-0.3, -0.25) is 0 Å². The van der Waals surface area contributed by atoms with E-state index in [2.05, 4.69) is 19.9 Å². The number of benzene rings is 1. The number of fused-ring (bicyclic) bond motifs is 1. The number of nitrogens with two attached hydrogens (primary N) is 1. The maximum Gasteiger partial charge on any atom is 0.196 e. The lowest BCUT2D eigenvalue weighted by Gasteiger charge is -1.96. The highest BCUT2D eigenvalue weighted by molar-refractivity contribution is 5.98. The molecular formula is C11H9FN4O. The molecule has 0 aliphatic rings. The molecule has 0 spiro atoms. The number of aromatic nitrogens is 3. The van der Waals surface area contributed by atoms with E-state index in [1.165, 1.54) is 12.1 Å². The van der Waals surface area contributed by atoms with Crippen molar-refractivity contribution in [3.8, 4) is 11.3 Å². The average molecular weight is 232 g/mol. The van der Waals surface area contributed by atoms with Crippen molar-refractivity contribution in [2.45, 2.75) is 6.92 Å². The highest BCUT2D eigenvalue weighted by Gasteiger charge is 2.17. The fraction of sp³-hybridized carbons (Fsp3) is 0.0909. The summed E-state index contributed by atoms with van der Waals surface area (Å²) in [5.74, 6) is -0.0742.